The van der Waals surface area contributed by atoms with Gasteiger partial charge in [-0.2, -0.15) is 0 Å². The van der Waals surface area contributed by atoms with Crippen molar-refractivity contribution in [1.82, 2.24) is 0 Å². The molecule has 2 N–H and O–H groups in total. The Bertz CT molecular complexity index is 331. The average molecular weight is 207 g/mol. The summed E-state index contributed by atoms with van der Waals surface area (Å²) in [5, 5.41) is 0. The van der Waals surface area contributed by atoms with E-state index in [9.17, 15) is 0 Å². The molecule has 0 radical (unpaired) electrons. The molecule has 1 unspecified atom stereocenters. The minimum Gasteiger partial charge on any atom is -0.379 e. The first-order chi connectivity index (χ1) is 6.97. The van der Waals surface area contributed by atoms with Gasteiger partial charge in [0.25, 0.3) is 0 Å². The molecule has 0 aromatic heterocycles. The van der Waals surface area contributed by atoms with E-state index in [-0.39, 0.29) is 0 Å². The van der Waals surface area contributed by atoms with Crippen molar-refractivity contribution in [3.05, 3.63) is 34.9 Å². The fourth-order valence-electron chi connectivity index (χ4n) is 1.74. The summed E-state index contributed by atoms with van der Waals surface area (Å²) in [6.07, 6.45) is 0. The molecule has 84 valence electrons. The first-order valence-electron chi connectivity index (χ1n) is 5.41. The maximum absolute atomic E-state index is 6.27. The molecule has 1 rings (SSSR count). The SMILES string of the molecule is CCOCC(C)(N)c1cc(C)ccc1C. The number of ether oxygens (including phenoxy) is 1. The Morgan fingerprint density at radius 3 is 2.60 bits per heavy atom. The van der Waals surface area contributed by atoms with Crippen LogP contribution in [-0.2, 0) is 10.3 Å². The zero-order valence-electron chi connectivity index (χ0n) is 10.1. The maximum Gasteiger partial charge on any atom is 0.0685 e. The van der Waals surface area contributed by atoms with Gasteiger partial charge in [-0.1, -0.05) is 23.8 Å². The molecule has 1 atom stereocenters. The summed E-state index contributed by atoms with van der Waals surface area (Å²) in [6, 6.07) is 6.37. The van der Waals surface area contributed by atoms with Crippen molar-refractivity contribution in [1.29, 1.82) is 0 Å². The van der Waals surface area contributed by atoms with Crippen LogP contribution in [0.15, 0.2) is 18.2 Å². The molecule has 0 saturated carbocycles. The van der Waals surface area contributed by atoms with Gasteiger partial charge in [-0.15, -0.1) is 0 Å². The zero-order chi connectivity index (χ0) is 11.5. The van der Waals surface area contributed by atoms with Crippen LogP contribution in [0.5, 0.6) is 0 Å². The molecule has 0 fully saturated rings. The molecule has 0 amide bonds. The maximum atomic E-state index is 6.27. The Kier molecular flexibility index (Phi) is 3.89. The third kappa shape index (κ3) is 3.05. The molecule has 0 aliphatic rings. The van der Waals surface area contributed by atoms with Gasteiger partial charge in [0.15, 0.2) is 0 Å². The van der Waals surface area contributed by atoms with Crippen LogP contribution in [0, 0.1) is 13.8 Å². The van der Waals surface area contributed by atoms with E-state index in [1.807, 2.05) is 13.8 Å². The van der Waals surface area contributed by atoms with Crippen molar-refractivity contribution in [2.75, 3.05) is 13.2 Å². The third-order valence-corrected chi connectivity index (χ3v) is 2.61. The molecule has 0 saturated heterocycles. The Labute approximate surface area is 92.4 Å². The molecule has 0 spiro atoms. The highest BCUT2D eigenvalue weighted by Gasteiger charge is 2.23. The molecule has 1 aromatic carbocycles. The van der Waals surface area contributed by atoms with Crippen LogP contribution in [-0.4, -0.2) is 13.2 Å². The van der Waals surface area contributed by atoms with Crippen LogP contribution >= 0.6 is 0 Å². The van der Waals surface area contributed by atoms with Gasteiger partial charge in [-0.3, -0.25) is 0 Å². The molecule has 1 aromatic rings. The third-order valence-electron chi connectivity index (χ3n) is 2.61. The molecular weight excluding hydrogens is 186 g/mol. The summed E-state index contributed by atoms with van der Waals surface area (Å²) in [5.74, 6) is 0. The summed E-state index contributed by atoms with van der Waals surface area (Å²) >= 11 is 0. The number of rotatable bonds is 4. The number of hydrogen-bond donors (Lipinski definition) is 1. The molecule has 0 bridgehead atoms. The topological polar surface area (TPSA) is 35.2 Å². The van der Waals surface area contributed by atoms with E-state index in [1.165, 1.54) is 16.7 Å². The highest BCUT2D eigenvalue weighted by atomic mass is 16.5. The first kappa shape index (κ1) is 12.2. The van der Waals surface area contributed by atoms with E-state index < -0.39 is 5.54 Å². The predicted octanol–water partition coefficient (Wildman–Crippen LogP) is 2.51. The van der Waals surface area contributed by atoms with Gasteiger partial charge in [0, 0.05) is 6.61 Å². The number of benzene rings is 1. The lowest BCUT2D eigenvalue weighted by Gasteiger charge is -2.27. The second-order valence-corrected chi connectivity index (χ2v) is 4.37. The quantitative estimate of drug-likeness (QED) is 0.823. The highest BCUT2D eigenvalue weighted by molar-refractivity contribution is 5.35. The van der Waals surface area contributed by atoms with E-state index in [0.29, 0.717) is 13.2 Å². The number of nitrogens with two attached hydrogens (primary N) is 1. The first-order valence-corrected chi connectivity index (χ1v) is 5.41. The Morgan fingerprint density at radius 1 is 1.33 bits per heavy atom. The smallest absolute Gasteiger partial charge is 0.0685 e. The fourth-order valence-corrected chi connectivity index (χ4v) is 1.74. The van der Waals surface area contributed by atoms with Crippen molar-refractivity contribution < 1.29 is 4.74 Å². The highest BCUT2D eigenvalue weighted by Crippen LogP contribution is 2.23. The molecule has 2 nitrogen and oxygen atoms in total. The van der Waals surface area contributed by atoms with Crippen molar-refractivity contribution in [2.24, 2.45) is 5.73 Å². The Hall–Kier alpha value is -0.860. The lowest BCUT2D eigenvalue weighted by atomic mass is 9.89. The lowest BCUT2D eigenvalue weighted by molar-refractivity contribution is 0.101. The van der Waals surface area contributed by atoms with Gasteiger partial charge in [-0.25, -0.2) is 0 Å². The van der Waals surface area contributed by atoms with E-state index in [1.54, 1.807) is 0 Å². The van der Waals surface area contributed by atoms with Crippen LogP contribution in [0.1, 0.15) is 30.5 Å². The van der Waals surface area contributed by atoms with Crippen molar-refractivity contribution in [3.8, 4) is 0 Å². The van der Waals surface area contributed by atoms with Crippen molar-refractivity contribution in [2.45, 2.75) is 33.2 Å². The summed E-state index contributed by atoms with van der Waals surface area (Å²) in [4.78, 5) is 0. The normalized spacial score (nSPS) is 15.0. The largest absolute Gasteiger partial charge is 0.379 e. The Morgan fingerprint density at radius 2 is 2.00 bits per heavy atom. The van der Waals surface area contributed by atoms with E-state index in [0.717, 1.165) is 0 Å². The minimum absolute atomic E-state index is 0.397. The average Bonchev–Trinajstić information content (AvgIpc) is 2.18. The summed E-state index contributed by atoms with van der Waals surface area (Å²) in [7, 11) is 0. The molecule has 0 aliphatic heterocycles. The van der Waals surface area contributed by atoms with Crippen LogP contribution in [0.3, 0.4) is 0 Å². The van der Waals surface area contributed by atoms with E-state index >= 15 is 0 Å². The molecule has 2 heteroatoms. The van der Waals surface area contributed by atoms with E-state index in [4.69, 9.17) is 10.5 Å². The van der Waals surface area contributed by atoms with Gasteiger partial charge in [0.05, 0.1) is 12.1 Å². The molecule has 0 aliphatic carbocycles. The second-order valence-electron chi connectivity index (χ2n) is 4.37. The standard InChI is InChI=1S/C13H21NO/c1-5-15-9-13(4,14)12-8-10(2)6-7-11(12)3/h6-8H,5,9,14H2,1-4H3. The molecule has 0 heterocycles. The van der Waals surface area contributed by atoms with Gasteiger partial charge in [0.1, 0.15) is 0 Å². The lowest BCUT2D eigenvalue weighted by Crippen LogP contribution is -2.39. The van der Waals surface area contributed by atoms with Crippen molar-refractivity contribution in [3.63, 3.8) is 0 Å². The number of hydrogen-bond acceptors (Lipinski definition) is 2. The fraction of sp³-hybridized carbons (Fsp3) is 0.538. The Balaban J connectivity index is 2.97. The zero-order valence-corrected chi connectivity index (χ0v) is 10.1. The second kappa shape index (κ2) is 4.77. The van der Waals surface area contributed by atoms with Gasteiger partial charge in [0.2, 0.25) is 0 Å². The van der Waals surface area contributed by atoms with E-state index in [2.05, 4.69) is 32.0 Å². The van der Waals surface area contributed by atoms with Gasteiger partial charge < -0.3 is 10.5 Å². The monoisotopic (exact) mass is 207 g/mol. The number of aryl methyl sites for hydroxylation is 2. The van der Waals surface area contributed by atoms with Crippen LogP contribution < -0.4 is 5.73 Å². The van der Waals surface area contributed by atoms with Gasteiger partial charge in [-0.05, 0) is 38.8 Å². The predicted molar refractivity (Wildman–Crippen MR) is 63.9 cm³/mol. The van der Waals surface area contributed by atoms with Crippen LogP contribution in [0.4, 0.5) is 0 Å². The minimum atomic E-state index is -0.397. The van der Waals surface area contributed by atoms with Gasteiger partial charge >= 0.3 is 0 Å². The van der Waals surface area contributed by atoms with Crippen LogP contribution in [0.25, 0.3) is 0 Å². The summed E-state index contributed by atoms with van der Waals surface area (Å²) < 4.78 is 5.42. The molecule has 15 heavy (non-hydrogen) atoms. The van der Waals surface area contributed by atoms with Crippen LogP contribution in [0.2, 0.25) is 0 Å². The van der Waals surface area contributed by atoms with Crippen molar-refractivity contribution >= 4 is 0 Å². The summed E-state index contributed by atoms with van der Waals surface area (Å²) in [6.45, 7) is 9.45. The molecular formula is C13H21NO. The summed E-state index contributed by atoms with van der Waals surface area (Å²) in [5.41, 5.74) is 9.52.